The highest BCUT2D eigenvalue weighted by atomic mass is 16.5. The van der Waals surface area contributed by atoms with Crippen LogP contribution >= 0.6 is 0 Å². The Hall–Kier alpha value is -1.84. The molecule has 21 heavy (non-hydrogen) atoms. The van der Waals surface area contributed by atoms with Crippen LogP contribution in [0, 0.1) is 0 Å². The summed E-state index contributed by atoms with van der Waals surface area (Å²) in [6.07, 6.45) is 0.175. The van der Waals surface area contributed by atoms with Gasteiger partial charge in [-0.05, 0) is 30.2 Å². The maximum absolute atomic E-state index is 5.33. The molecule has 0 saturated carbocycles. The Labute approximate surface area is 126 Å². The predicted molar refractivity (Wildman–Crippen MR) is 85.8 cm³/mol. The summed E-state index contributed by atoms with van der Waals surface area (Å²) >= 11 is 0. The van der Waals surface area contributed by atoms with Gasteiger partial charge in [0.1, 0.15) is 5.75 Å². The quantitative estimate of drug-likeness (QED) is 0.845. The van der Waals surface area contributed by atoms with Crippen LogP contribution in [0.15, 0.2) is 54.6 Å². The number of hydrogen-bond donors (Lipinski definition) is 1. The second-order valence-electron chi connectivity index (χ2n) is 5.07. The molecule has 0 heterocycles. The smallest absolute Gasteiger partial charge is 0.118 e. The molecule has 0 amide bonds. The molecular formula is C18H23NO2. The molecule has 0 aliphatic heterocycles. The lowest BCUT2D eigenvalue weighted by Gasteiger charge is -2.22. The number of hydrogen-bond acceptors (Lipinski definition) is 3. The highest BCUT2D eigenvalue weighted by Crippen LogP contribution is 2.24. The Balaban J connectivity index is 2.22. The molecule has 2 aromatic carbocycles. The van der Waals surface area contributed by atoms with E-state index in [2.05, 4.69) is 48.6 Å². The Bertz CT molecular complexity index is 525. The SMILES string of the molecule is COc1ccc(C(NCC(C)OC)c2ccccc2)cc1. The van der Waals surface area contributed by atoms with E-state index >= 15 is 0 Å². The first-order valence-electron chi connectivity index (χ1n) is 7.19. The monoisotopic (exact) mass is 285 g/mol. The van der Waals surface area contributed by atoms with Crippen molar-refractivity contribution in [3.8, 4) is 5.75 Å². The van der Waals surface area contributed by atoms with Crippen LogP contribution in [0.4, 0.5) is 0 Å². The van der Waals surface area contributed by atoms with E-state index in [1.165, 1.54) is 11.1 Å². The molecule has 0 aliphatic rings. The average molecular weight is 285 g/mol. The molecule has 0 fully saturated rings. The standard InChI is InChI=1S/C18H23NO2/c1-14(20-2)13-19-18(15-7-5-4-6-8-15)16-9-11-17(21-3)12-10-16/h4-12,14,18-19H,13H2,1-3H3. The summed E-state index contributed by atoms with van der Waals surface area (Å²) in [5.74, 6) is 0.871. The number of benzene rings is 2. The molecule has 3 heteroatoms. The first-order valence-corrected chi connectivity index (χ1v) is 7.19. The van der Waals surface area contributed by atoms with Crippen LogP contribution in [-0.4, -0.2) is 26.9 Å². The van der Waals surface area contributed by atoms with Gasteiger partial charge in [-0.3, -0.25) is 0 Å². The van der Waals surface area contributed by atoms with Gasteiger partial charge in [0.25, 0.3) is 0 Å². The van der Waals surface area contributed by atoms with Crippen molar-refractivity contribution in [3.63, 3.8) is 0 Å². The second-order valence-corrected chi connectivity index (χ2v) is 5.07. The zero-order valence-electron chi connectivity index (χ0n) is 12.9. The third-order valence-electron chi connectivity index (χ3n) is 3.59. The van der Waals surface area contributed by atoms with Crippen molar-refractivity contribution < 1.29 is 9.47 Å². The maximum atomic E-state index is 5.33. The van der Waals surface area contributed by atoms with E-state index in [1.807, 2.05) is 18.2 Å². The summed E-state index contributed by atoms with van der Waals surface area (Å²) in [6.45, 7) is 2.85. The van der Waals surface area contributed by atoms with Crippen molar-refractivity contribution in [2.75, 3.05) is 20.8 Å². The van der Waals surface area contributed by atoms with E-state index < -0.39 is 0 Å². The highest BCUT2D eigenvalue weighted by molar-refractivity contribution is 5.35. The topological polar surface area (TPSA) is 30.5 Å². The summed E-state index contributed by atoms with van der Waals surface area (Å²) in [5, 5.41) is 3.57. The minimum absolute atomic E-state index is 0.148. The number of methoxy groups -OCH3 is 2. The van der Waals surface area contributed by atoms with Gasteiger partial charge in [-0.25, -0.2) is 0 Å². The number of ether oxygens (including phenoxy) is 2. The van der Waals surface area contributed by atoms with E-state index in [1.54, 1.807) is 14.2 Å². The van der Waals surface area contributed by atoms with E-state index in [0.29, 0.717) is 0 Å². The minimum atomic E-state index is 0.148. The zero-order valence-corrected chi connectivity index (χ0v) is 12.9. The van der Waals surface area contributed by atoms with Crippen LogP contribution in [0.3, 0.4) is 0 Å². The third-order valence-corrected chi connectivity index (χ3v) is 3.59. The summed E-state index contributed by atoms with van der Waals surface area (Å²) in [4.78, 5) is 0. The van der Waals surface area contributed by atoms with Crippen molar-refractivity contribution in [3.05, 3.63) is 65.7 Å². The summed E-state index contributed by atoms with van der Waals surface area (Å²) < 4.78 is 10.6. The largest absolute Gasteiger partial charge is 0.497 e. The van der Waals surface area contributed by atoms with Crippen LogP contribution in [0.2, 0.25) is 0 Å². The molecule has 1 N–H and O–H groups in total. The summed E-state index contributed by atoms with van der Waals surface area (Å²) in [7, 11) is 3.42. The molecule has 0 aliphatic carbocycles. The molecular weight excluding hydrogens is 262 g/mol. The second kappa shape index (κ2) is 7.81. The lowest BCUT2D eigenvalue weighted by molar-refractivity contribution is 0.115. The maximum Gasteiger partial charge on any atom is 0.118 e. The third kappa shape index (κ3) is 4.31. The molecule has 0 spiro atoms. The average Bonchev–Trinajstić information content (AvgIpc) is 2.56. The number of rotatable bonds is 7. The van der Waals surface area contributed by atoms with Crippen LogP contribution in [0.25, 0.3) is 0 Å². The van der Waals surface area contributed by atoms with Crippen molar-refractivity contribution in [2.45, 2.75) is 19.1 Å². The van der Waals surface area contributed by atoms with Crippen LogP contribution in [0.1, 0.15) is 24.1 Å². The fourth-order valence-electron chi connectivity index (χ4n) is 2.24. The Morgan fingerprint density at radius 3 is 2.10 bits per heavy atom. The lowest BCUT2D eigenvalue weighted by atomic mass is 9.98. The molecule has 2 unspecified atom stereocenters. The van der Waals surface area contributed by atoms with Crippen LogP contribution in [-0.2, 0) is 4.74 Å². The van der Waals surface area contributed by atoms with Crippen LogP contribution in [0.5, 0.6) is 5.75 Å². The molecule has 0 saturated heterocycles. The van der Waals surface area contributed by atoms with Crippen molar-refractivity contribution in [1.82, 2.24) is 5.32 Å². The molecule has 2 rings (SSSR count). The molecule has 2 aromatic rings. The molecule has 0 radical (unpaired) electrons. The fourth-order valence-corrected chi connectivity index (χ4v) is 2.24. The van der Waals surface area contributed by atoms with E-state index in [-0.39, 0.29) is 12.1 Å². The Morgan fingerprint density at radius 1 is 0.905 bits per heavy atom. The Kier molecular flexibility index (Phi) is 5.78. The van der Waals surface area contributed by atoms with E-state index in [4.69, 9.17) is 9.47 Å². The van der Waals surface area contributed by atoms with E-state index in [0.717, 1.165) is 12.3 Å². The Morgan fingerprint density at radius 2 is 1.52 bits per heavy atom. The van der Waals surface area contributed by atoms with Gasteiger partial charge in [0.05, 0.1) is 19.3 Å². The van der Waals surface area contributed by atoms with Crippen molar-refractivity contribution in [2.24, 2.45) is 0 Å². The van der Waals surface area contributed by atoms with Gasteiger partial charge in [-0.1, -0.05) is 42.5 Å². The van der Waals surface area contributed by atoms with E-state index in [9.17, 15) is 0 Å². The summed E-state index contributed by atoms with van der Waals surface area (Å²) in [6, 6.07) is 18.8. The first kappa shape index (κ1) is 15.5. The van der Waals surface area contributed by atoms with Gasteiger partial charge in [0, 0.05) is 13.7 Å². The highest BCUT2D eigenvalue weighted by Gasteiger charge is 2.14. The minimum Gasteiger partial charge on any atom is -0.497 e. The van der Waals surface area contributed by atoms with Gasteiger partial charge in [0.15, 0.2) is 0 Å². The van der Waals surface area contributed by atoms with Crippen molar-refractivity contribution >= 4 is 0 Å². The van der Waals surface area contributed by atoms with Crippen molar-refractivity contribution in [1.29, 1.82) is 0 Å². The number of nitrogens with one attached hydrogen (secondary N) is 1. The lowest BCUT2D eigenvalue weighted by Crippen LogP contribution is -2.30. The zero-order chi connectivity index (χ0) is 15.1. The normalized spacial score (nSPS) is 13.7. The summed E-state index contributed by atoms with van der Waals surface area (Å²) in [5.41, 5.74) is 2.45. The molecule has 112 valence electrons. The van der Waals surface area contributed by atoms with Gasteiger partial charge in [0.2, 0.25) is 0 Å². The molecule has 2 atom stereocenters. The first-order chi connectivity index (χ1) is 10.2. The van der Waals surface area contributed by atoms with Crippen LogP contribution < -0.4 is 10.1 Å². The van der Waals surface area contributed by atoms with Gasteiger partial charge in [-0.2, -0.15) is 0 Å². The molecule has 3 nitrogen and oxygen atoms in total. The van der Waals surface area contributed by atoms with Gasteiger partial charge >= 0.3 is 0 Å². The fraction of sp³-hybridized carbons (Fsp3) is 0.333. The molecule has 0 bridgehead atoms. The van der Waals surface area contributed by atoms with Gasteiger partial charge in [-0.15, -0.1) is 0 Å². The van der Waals surface area contributed by atoms with Gasteiger partial charge < -0.3 is 14.8 Å². The molecule has 0 aromatic heterocycles. The predicted octanol–water partition coefficient (Wildman–Crippen LogP) is 3.41.